The van der Waals surface area contributed by atoms with Gasteiger partial charge in [0.05, 0.1) is 4.92 Å². The third-order valence-corrected chi connectivity index (χ3v) is 3.56. The average Bonchev–Trinajstić information content (AvgIpc) is 2.80. The maximum atomic E-state index is 11.6. The Morgan fingerprint density at radius 1 is 1.21 bits per heavy atom. The molecule has 0 bridgehead atoms. The highest BCUT2D eigenvalue weighted by molar-refractivity contribution is 7.90. The van der Waals surface area contributed by atoms with Gasteiger partial charge in [-0.15, -0.1) is 0 Å². The normalized spacial score (nSPS) is 11.2. The Labute approximate surface area is 109 Å². The molecule has 2 rings (SSSR count). The minimum absolute atomic E-state index is 0.115. The average molecular weight is 281 g/mol. The van der Waals surface area contributed by atoms with Crippen molar-refractivity contribution in [3.05, 3.63) is 52.8 Å². The third-order valence-electron chi connectivity index (χ3n) is 2.44. The Balaban J connectivity index is 2.58. The Morgan fingerprint density at radius 2 is 1.84 bits per heavy atom. The lowest BCUT2D eigenvalue weighted by molar-refractivity contribution is -0.386. The van der Waals surface area contributed by atoms with E-state index in [-0.39, 0.29) is 10.6 Å². The van der Waals surface area contributed by atoms with Crippen molar-refractivity contribution in [3.63, 3.8) is 0 Å². The van der Waals surface area contributed by atoms with Crippen molar-refractivity contribution < 1.29 is 13.3 Å². The van der Waals surface area contributed by atoms with Gasteiger partial charge in [0.15, 0.2) is 9.84 Å². The molecule has 0 aliphatic carbocycles. The number of hydrogen-bond donors (Lipinski definition) is 1. The number of rotatable bonds is 4. The fourth-order valence-electron chi connectivity index (χ4n) is 1.65. The molecule has 0 unspecified atom stereocenters. The van der Waals surface area contributed by atoms with E-state index in [0.717, 1.165) is 6.26 Å². The maximum Gasteiger partial charge on any atom is 0.312 e. The molecule has 0 saturated heterocycles. The van der Waals surface area contributed by atoms with E-state index in [0.29, 0.717) is 0 Å². The fourth-order valence-corrected chi connectivity index (χ4v) is 2.51. The second-order valence-corrected chi connectivity index (χ2v) is 5.87. The molecule has 1 aromatic heterocycles. The number of nitro groups is 1. The van der Waals surface area contributed by atoms with Gasteiger partial charge in [-0.25, -0.2) is 8.42 Å². The monoisotopic (exact) mass is 281 g/mol. The van der Waals surface area contributed by atoms with Crippen LogP contribution in [-0.4, -0.2) is 24.3 Å². The molecule has 0 spiro atoms. The summed E-state index contributed by atoms with van der Waals surface area (Å²) in [7, 11) is -3.67. The lowest BCUT2D eigenvalue weighted by Gasteiger charge is -2.10. The van der Waals surface area contributed by atoms with Gasteiger partial charge in [-0.05, 0) is 24.3 Å². The number of sulfone groups is 1. The molecule has 0 aliphatic heterocycles. The van der Waals surface area contributed by atoms with E-state index < -0.39 is 20.4 Å². The zero-order valence-electron chi connectivity index (χ0n) is 9.98. The van der Waals surface area contributed by atoms with Crippen LogP contribution < -0.4 is 5.43 Å². The van der Waals surface area contributed by atoms with E-state index in [1.165, 1.54) is 22.9 Å². The van der Waals surface area contributed by atoms with E-state index in [1.54, 1.807) is 24.5 Å². The van der Waals surface area contributed by atoms with E-state index >= 15 is 0 Å². The number of para-hydroxylation sites is 1. The summed E-state index contributed by atoms with van der Waals surface area (Å²) in [6, 6.07) is 7.59. The summed E-state index contributed by atoms with van der Waals surface area (Å²) in [4.78, 5) is 10.1. The van der Waals surface area contributed by atoms with Crippen molar-refractivity contribution in [1.82, 2.24) is 4.68 Å². The SMILES string of the molecule is CS(=O)(=O)c1cccc(Nn2cccc2)c1[N+](=O)[O-]. The Bertz CT molecular complexity index is 708. The van der Waals surface area contributed by atoms with Crippen molar-refractivity contribution in [2.75, 3.05) is 11.7 Å². The summed E-state index contributed by atoms with van der Waals surface area (Å²) in [6.07, 6.45) is 4.24. The van der Waals surface area contributed by atoms with Gasteiger partial charge in [-0.3, -0.25) is 20.2 Å². The van der Waals surface area contributed by atoms with Crippen LogP contribution in [0.25, 0.3) is 0 Å². The lowest BCUT2D eigenvalue weighted by Crippen LogP contribution is -2.10. The maximum absolute atomic E-state index is 11.6. The summed E-state index contributed by atoms with van der Waals surface area (Å²) >= 11 is 0. The second-order valence-electron chi connectivity index (χ2n) is 3.88. The van der Waals surface area contributed by atoms with Crippen molar-refractivity contribution in [2.45, 2.75) is 4.90 Å². The first-order chi connectivity index (χ1) is 8.89. The zero-order chi connectivity index (χ0) is 14.0. The van der Waals surface area contributed by atoms with Gasteiger partial charge in [0, 0.05) is 18.6 Å². The molecular formula is C11H11N3O4S. The highest BCUT2D eigenvalue weighted by Crippen LogP contribution is 2.31. The number of nitrogens with one attached hydrogen (secondary N) is 1. The second kappa shape index (κ2) is 4.73. The molecular weight excluding hydrogens is 270 g/mol. The summed E-state index contributed by atoms with van der Waals surface area (Å²) < 4.78 is 24.6. The smallest absolute Gasteiger partial charge is 0.288 e. The predicted octanol–water partition coefficient (Wildman–Crippen LogP) is 1.68. The van der Waals surface area contributed by atoms with Gasteiger partial charge in [0.2, 0.25) is 0 Å². The lowest BCUT2D eigenvalue weighted by atomic mass is 10.3. The number of aromatic nitrogens is 1. The van der Waals surface area contributed by atoms with Crippen LogP contribution in [0.15, 0.2) is 47.6 Å². The number of anilines is 1. The van der Waals surface area contributed by atoms with Gasteiger partial charge in [-0.2, -0.15) is 0 Å². The molecule has 0 aliphatic rings. The van der Waals surface area contributed by atoms with Gasteiger partial charge in [-0.1, -0.05) is 6.07 Å². The molecule has 0 fully saturated rings. The minimum atomic E-state index is -3.67. The molecule has 8 heteroatoms. The molecule has 1 N–H and O–H groups in total. The van der Waals surface area contributed by atoms with Crippen molar-refractivity contribution in [3.8, 4) is 0 Å². The Morgan fingerprint density at radius 3 is 2.37 bits per heavy atom. The fraction of sp³-hybridized carbons (Fsp3) is 0.0909. The van der Waals surface area contributed by atoms with Crippen LogP contribution in [0.3, 0.4) is 0 Å². The molecule has 19 heavy (non-hydrogen) atoms. The van der Waals surface area contributed by atoms with Crippen molar-refractivity contribution in [1.29, 1.82) is 0 Å². The van der Waals surface area contributed by atoms with Crippen molar-refractivity contribution >= 4 is 21.2 Å². The first-order valence-corrected chi connectivity index (χ1v) is 7.16. The van der Waals surface area contributed by atoms with Crippen LogP contribution in [0, 0.1) is 10.1 Å². The van der Waals surface area contributed by atoms with Gasteiger partial charge >= 0.3 is 5.69 Å². The standard InChI is InChI=1S/C11H11N3O4S/c1-19(17,18)10-6-4-5-9(11(10)14(15)16)12-13-7-2-3-8-13/h2-8,12H,1H3. The van der Waals surface area contributed by atoms with Crippen LogP contribution in [0.1, 0.15) is 0 Å². The summed E-state index contributed by atoms with van der Waals surface area (Å²) in [5.41, 5.74) is 2.41. The summed E-state index contributed by atoms with van der Waals surface area (Å²) in [5.74, 6) is 0. The molecule has 0 atom stereocenters. The molecule has 100 valence electrons. The Kier molecular flexibility index (Phi) is 3.26. The molecule has 2 aromatic rings. The summed E-state index contributed by atoms with van der Waals surface area (Å²) in [5, 5.41) is 11.1. The highest BCUT2D eigenvalue weighted by Gasteiger charge is 2.26. The van der Waals surface area contributed by atoms with E-state index in [4.69, 9.17) is 0 Å². The summed E-state index contributed by atoms with van der Waals surface area (Å²) in [6.45, 7) is 0. The number of hydrogen-bond acceptors (Lipinski definition) is 5. The largest absolute Gasteiger partial charge is 0.312 e. The topological polar surface area (TPSA) is 94.2 Å². The molecule has 0 amide bonds. The van der Waals surface area contributed by atoms with Crippen LogP contribution in [0.5, 0.6) is 0 Å². The van der Waals surface area contributed by atoms with Crippen LogP contribution in [-0.2, 0) is 9.84 Å². The number of benzene rings is 1. The third kappa shape index (κ3) is 2.74. The molecule has 1 aromatic carbocycles. The zero-order valence-corrected chi connectivity index (χ0v) is 10.8. The van der Waals surface area contributed by atoms with Gasteiger partial charge in [0.25, 0.3) is 0 Å². The van der Waals surface area contributed by atoms with Crippen LogP contribution in [0.4, 0.5) is 11.4 Å². The molecule has 7 nitrogen and oxygen atoms in total. The number of nitro benzene ring substituents is 1. The molecule has 0 radical (unpaired) electrons. The highest BCUT2D eigenvalue weighted by atomic mass is 32.2. The van der Waals surface area contributed by atoms with Gasteiger partial charge in [0.1, 0.15) is 10.6 Å². The van der Waals surface area contributed by atoms with E-state index in [9.17, 15) is 18.5 Å². The van der Waals surface area contributed by atoms with E-state index in [1.807, 2.05) is 0 Å². The number of nitrogens with zero attached hydrogens (tertiary/aromatic N) is 2. The van der Waals surface area contributed by atoms with Crippen LogP contribution in [0.2, 0.25) is 0 Å². The quantitative estimate of drug-likeness (QED) is 0.679. The van der Waals surface area contributed by atoms with Crippen LogP contribution >= 0.6 is 0 Å². The first kappa shape index (κ1) is 13.1. The Hall–Kier alpha value is -2.35. The predicted molar refractivity (Wildman–Crippen MR) is 69.7 cm³/mol. The molecule has 0 saturated carbocycles. The van der Waals surface area contributed by atoms with E-state index in [2.05, 4.69) is 5.43 Å². The minimum Gasteiger partial charge on any atom is -0.288 e. The van der Waals surface area contributed by atoms with Gasteiger partial charge < -0.3 is 0 Å². The van der Waals surface area contributed by atoms with Crippen molar-refractivity contribution in [2.24, 2.45) is 0 Å². The molecule has 1 heterocycles. The first-order valence-electron chi connectivity index (χ1n) is 5.27.